The van der Waals surface area contributed by atoms with E-state index in [1.807, 2.05) is 60.7 Å². The van der Waals surface area contributed by atoms with E-state index in [1.54, 1.807) is 22.8 Å². The van der Waals surface area contributed by atoms with E-state index in [4.69, 9.17) is 4.74 Å². The van der Waals surface area contributed by atoms with Gasteiger partial charge >= 0.3 is 0 Å². The summed E-state index contributed by atoms with van der Waals surface area (Å²) in [6.07, 6.45) is 2.24. The lowest BCUT2D eigenvalue weighted by atomic mass is 10.1. The van der Waals surface area contributed by atoms with Gasteiger partial charge in [0.1, 0.15) is 11.6 Å². The molecule has 0 unspecified atom stereocenters. The molecular weight excluding hydrogens is 456 g/mol. The van der Waals surface area contributed by atoms with Gasteiger partial charge in [0, 0.05) is 24.4 Å². The highest BCUT2D eigenvalue weighted by Crippen LogP contribution is 2.35. The highest BCUT2D eigenvalue weighted by molar-refractivity contribution is 5.83. The van der Waals surface area contributed by atoms with Crippen LogP contribution in [0, 0.1) is 0 Å². The molecule has 8 heteroatoms. The van der Waals surface area contributed by atoms with Gasteiger partial charge in [-0.05, 0) is 36.6 Å². The van der Waals surface area contributed by atoms with E-state index in [1.165, 1.54) is 0 Å². The molecule has 1 aliphatic rings. The molecule has 2 amide bonds. The maximum absolute atomic E-state index is 12.9. The number of carbonyl (C=O) groups excluding carboxylic acids is 2. The summed E-state index contributed by atoms with van der Waals surface area (Å²) in [6, 6.07) is 24.6. The average molecular weight is 483 g/mol. The molecule has 182 valence electrons. The van der Waals surface area contributed by atoms with Crippen molar-refractivity contribution in [3.63, 3.8) is 0 Å². The van der Waals surface area contributed by atoms with Crippen molar-refractivity contribution in [3.05, 3.63) is 95.0 Å². The normalized spacial score (nSPS) is 12.8. The van der Waals surface area contributed by atoms with Crippen molar-refractivity contribution in [2.75, 3.05) is 6.61 Å². The van der Waals surface area contributed by atoms with Crippen molar-refractivity contribution < 1.29 is 14.3 Å². The quantitative estimate of drug-likeness (QED) is 0.374. The molecule has 1 aromatic heterocycles. The fraction of sp³-hybridized carbons (Fsp3) is 0.214. The Labute approximate surface area is 207 Å². The second-order valence-electron chi connectivity index (χ2n) is 8.70. The number of benzene rings is 3. The molecule has 1 heterocycles. The van der Waals surface area contributed by atoms with E-state index in [9.17, 15) is 14.4 Å². The monoisotopic (exact) mass is 482 g/mol. The van der Waals surface area contributed by atoms with Crippen LogP contribution in [0.15, 0.2) is 83.7 Å². The van der Waals surface area contributed by atoms with Crippen LogP contribution in [0.25, 0.3) is 22.0 Å². The fourth-order valence-corrected chi connectivity index (χ4v) is 4.13. The predicted octanol–water partition coefficient (Wildman–Crippen LogP) is 3.56. The minimum absolute atomic E-state index is 0.0697. The number of amides is 2. The Morgan fingerprint density at radius 2 is 1.58 bits per heavy atom. The number of nitrogens with zero attached hydrogens (tertiary/aromatic N) is 2. The van der Waals surface area contributed by atoms with Gasteiger partial charge in [0.05, 0.1) is 10.9 Å². The summed E-state index contributed by atoms with van der Waals surface area (Å²) in [4.78, 5) is 42.3. The lowest BCUT2D eigenvalue weighted by molar-refractivity contribution is -0.130. The van der Waals surface area contributed by atoms with Crippen molar-refractivity contribution in [1.82, 2.24) is 20.4 Å². The summed E-state index contributed by atoms with van der Waals surface area (Å²) >= 11 is 0. The molecule has 0 spiro atoms. The number of hydrazine groups is 1. The summed E-state index contributed by atoms with van der Waals surface area (Å²) in [7, 11) is 0. The summed E-state index contributed by atoms with van der Waals surface area (Å²) < 4.78 is 7.42. The van der Waals surface area contributed by atoms with Crippen LogP contribution >= 0.6 is 0 Å². The second-order valence-corrected chi connectivity index (χ2v) is 8.70. The maximum Gasteiger partial charge on any atom is 0.276 e. The van der Waals surface area contributed by atoms with Gasteiger partial charge in [0.15, 0.2) is 6.61 Å². The second kappa shape index (κ2) is 10.4. The smallest absolute Gasteiger partial charge is 0.276 e. The maximum atomic E-state index is 12.9. The summed E-state index contributed by atoms with van der Waals surface area (Å²) in [5, 5.41) is 0.582. The summed E-state index contributed by atoms with van der Waals surface area (Å²) in [6.45, 7) is -0.252. The molecule has 0 aliphatic heterocycles. The molecule has 0 atom stereocenters. The van der Waals surface area contributed by atoms with E-state index in [0.717, 1.165) is 24.0 Å². The standard InChI is InChI=1S/C28H26N4O4/c33-26(17-16-25-29-23-12-6-4-11-22(23)28(35)32(25)20-14-15-20)30-31-27(34)18-36-24-13-7-5-10-21(24)19-8-2-1-3-9-19/h1-13,20H,14-18H2,(H,30,33)(H,31,34). The Balaban J connectivity index is 1.15. The van der Waals surface area contributed by atoms with Crippen LogP contribution in [-0.2, 0) is 16.0 Å². The van der Waals surface area contributed by atoms with Crippen molar-refractivity contribution in [3.8, 4) is 16.9 Å². The first kappa shape index (κ1) is 23.3. The molecule has 4 aromatic rings. The van der Waals surface area contributed by atoms with E-state index in [0.29, 0.717) is 28.9 Å². The zero-order valence-electron chi connectivity index (χ0n) is 19.6. The number of para-hydroxylation sites is 2. The molecule has 0 radical (unpaired) electrons. The van der Waals surface area contributed by atoms with E-state index in [-0.39, 0.29) is 30.5 Å². The number of aryl methyl sites for hydroxylation is 1. The number of hydrogen-bond acceptors (Lipinski definition) is 5. The lowest BCUT2D eigenvalue weighted by Crippen LogP contribution is -2.44. The number of hydrogen-bond donors (Lipinski definition) is 2. The Morgan fingerprint density at radius 1 is 0.889 bits per heavy atom. The highest BCUT2D eigenvalue weighted by Gasteiger charge is 2.28. The first-order valence-corrected chi connectivity index (χ1v) is 12.0. The lowest BCUT2D eigenvalue weighted by Gasteiger charge is -2.13. The van der Waals surface area contributed by atoms with E-state index >= 15 is 0 Å². The number of ether oxygens (including phenoxy) is 1. The Bertz CT molecular complexity index is 1460. The number of fused-ring (bicyclic) bond motifs is 1. The van der Waals surface area contributed by atoms with Gasteiger partial charge in [0.25, 0.3) is 11.5 Å². The van der Waals surface area contributed by atoms with Crippen LogP contribution in [0.2, 0.25) is 0 Å². The van der Waals surface area contributed by atoms with Crippen molar-refractivity contribution >= 4 is 22.7 Å². The van der Waals surface area contributed by atoms with Crippen LogP contribution in [0.3, 0.4) is 0 Å². The van der Waals surface area contributed by atoms with Crippen molar-refractivity contribution in [1.29, 1.82) is 0 Å². The van der Waals surface area contributed by atoms with Gasteiger partial charge < -0.3 is 4.74 Å². The van der Waals surface area contributed by atoms with Gasteiger partial charge in [-0.1, -0.05) is 60.7 Å². The van der Waals surface area contributed by atoms with Crippen molar-refractivity contribution in [2.45, 2.75) is 31.7 Å². The molecule has 1 fully saturated rings. The number of carbonyl (C=O) groups is 2. The van der Waals surface area contributed by atoms with Crippen molar-refractivity contribution in [2.24, 2.45) is 0 Å². The van der Waals surface area contributed by atoms with Gasteiger partial charge in [-0.2, -0.15) is 0 Å². The zero-order chi connectivity index (χ0) is 24.9. The minimum Gasteiger partial charge on any atom is -0.483 e. The van der Waals surface area contributed by atoms with Crippen LogP contribution in [0.1, 0.15) is 31.1 Å². The zero-order valence-corrected chi connectivity index (χ0v) is 19.6. The summed E-state index contributed by atoms with van der Waals surface area (Å²) in [5.41, 5.74) is 7.21. The molecule has 1 saturated carbocycles. The van der Waals surface area contributed by atoms with Crippen LogP contribution in [0.5, 0.6) is 5.75 Å². The summed E-state index contributed by atoms with van der Waals surface area (Å²) in [5.74, 6) is 0.303. The van der Waals surface area contributed by atoms with Crippen LogP contribution < -0.4 is 21.1 Å². The van der Waals surface area contributed by atoms with E-state index in [2.05, 4.69) is 15.8 Å². The molecule has 0 bridgehead atoms. The molecule has 0 saturated heterocycles. The first-order valence-electron chi connectivity index (χ1n) is 12.0. The molecule has 1 aliphatic carbocycles. The Morgan fingerprint density at radius 3 is 2.39 bits per heavy atom. The Kier molecular flexibility index (Phi) is 6.75. The van der Waals surface area contributed by atoms with Gasteiger partial charge in [-0.15, -0.1) is 0 Å². The number of nitrogens with one attached hydrogen (secondary N) is 2. The molecule has 2 N–H and O–H groups in total. The number of aromatic nitrogens is 2. The Hall–Kier alpha value is -4.46. The largest absolute Gasteiger partial charge is 0.483 e. The number of rotatable bonds is 8. The molecular formula is C28H26N4O4. The topological polar surface area (TPSA) is 102 Å². The van der Waals surface area contributed by atoms with Crippen LogP contribution in [-0.4, -0.2) is 28.0 Å². The SMILES string of the molecule is O=C(CCc1nc2ccccc2c(=O)n1C1CC1)NNC(=O)COc1ccccc1-c1ccccc1. The molecule has 3 aromatic carbocycles. The third-order valence-corrected chi connectivity index (χ3v) is 6.04. The highest BCUT2D eigenvalue weighted by atomic mass is 16.5. The molecule has 36 heavy (non-hydrogen) atoms. The molecule has 8 nitrogen and oxygen atoms in total. The minimum atomic E-state index is -0.482. The third-order valence-electron chi connectivity index (χ3n) is 6.04. The van der Waals surface area contributed by atoms with E-state index < -0.39 is 5.91 Å². The predicted molar refractivity (Wildman–Crippen MR) is 136 cm³/mol. The van der Waals surface area contributed by atoms with Gasteiger partial charge in [-0.3, -0.25) is 29.8 Å². The fourth-order valence-electron chi connectivity index (χ4n) is 4.13. The van der Waals surface area contributed by atoms with Crippen LogP contribution in [0.4, 0.5) is 0 Å². The molecule has 5 rings (SSSR count). The van der Waals surface area contributed by atoms with Gasteiger partial charge in [-0.25, -0.2) is 4.98 Å². The first-order chi connectivity index (χ1) is 17.6. The van der Waals surface area contributed by atoms with Gasteiger partial charge in [0.2, 0.25) is 5.91 Å². The average Bonchev–Trinajstić information content (AvgIpc) is 3.75. The third kappa shape index (κ3) is 5.27.